The van der Waals surface area contributed by atoms with Crippen molar-refractivity contribution >= 4 is 17.6 Å². The van der Waals surface area contributed by atoms with Crippen molar-refractivity contribution in [1.29, 1.82) is 0 Å². The Kier molecular flexibility index (Phi) is 3.60. The SMILES string of the molecule is Cc1nc(C2CCCCS2)nc(NN)c1F. The standard InChI is InChI=1S/C10H15FN4S/c1-6-8(11)10(15-12)14-9(13-6)7-4-2-3-5-16-7/h7H,2-5,12H2,1H3,(H,13,14,15). The van der Waals surface area contributed by atoms with E-state index < -0.39 is 5.82 Å². The maximum Gasteiger partial charge on any atom is 0.187 e. The Morgan fingerprint density at radius 1 is 1.44 bits per heavy atom. The van der Waals surface area contributed by atoms with E-state index in [0.717, 1.165) is 12.2 Å². The van der Waals surface area contributed by atoms with Gasteiger partial charge in [0.05, 0.1) is 10.9 Å². The molecule has 16 heavy (non-hydrogen) atoms. The fourth-order valence-corrected chi connectivity index (χ4v) is 3.01. The molecule has 1 saturated heterocycles. The molecule has 0 aromatic carbocycles. The first-order valence-corrected chi connectivity index (χ1v) is 6.39. The quantitative estimate of drug-likeness (QED) is 0.614. The van der Waals surface area contributed by atoms with Crippen LogP contribution in [0.25, 0.3) is 0 Å². The Labute approximate surface area is 98.2 Å². The number of anilines is 1. The number of nitrogens with one attached hydrogen (secondary N) is 1. The van der Waals surface area contributed by atoms with Crippen LogP contribution in [0.3, 0.4) is 0 Å². The molecule has 1 aliphatic heterocycles. The predicted octanol–water partition coefficient (Wildman–Crippen LogP) is 2.17. The lowest BCUT2D eigenvalue weighted by Crippen LogP contribution is -2.16. The maximum atomic E-state index is 13.5. The smallest absolute Gasteiger partial charge is 0.187 e. The number of nitrogen functional groups attached to an aromatic ring is 1. The van der Waals surface area contributed by atoms with Crippen LogP contribution in [-0.2, 0) is 0 Å². The maximum absolute atomic E-state index is 13.5. The molecule has 0 amide bonds. The summed E-state index contributed by atoms with van der Waals surface area (Å²) in [4.78, 5) is 8.33. The van der Waals surface area contributed by atoms with Crippen molar-refractivity contribution in [3.63, 3.8) is 0 Å². The minimum absolute atomic E-state index is 0.0914. The molecular formula is C10H15FN4S. The Morgan fingerprint density at radius 2 is 2.25 bits per heavy atom. The summed E-state index contributed by atoms with van der Waals surface area (Å²) in [6.07, 6.45) is 3.48. The van der Waals surface area contributed by atoms with E-state index >= 15 is 0 Å². The van der Waals surface area contributed by atoms with Crippen LogP contribution >= 0.6 is 11.8 Å². The van der Waals surface area contributed by atoms with Gasteiger partial charge in [0, 0.05) is 0 Å². The number of hydrazine groups is 1. The first-order chi connectivity index (χ1) is 7.72. The highest BCUT2D eigenvalue weighted by Crippen LogP contribution is 2.37. The molecule has 2 rings (SSSR count). The summed E-state index contributed by atoms with van der Waals surface area (Å²) in [5.41, 5.74) is 2.63. The second kappa shape index (κ2) is 4.97. The molecule has 2 heterocycles. The lowest BCUT2D eigenvalue weighted by molar-refractivity contribution is 0.591. The summed E-state index contributed by atoms with van der Waals surface area (Å²) >= 11 is 1.83. The zero-order chi connectivity index (χ0) is 11.5. The van der Waals surface area contributed by atoms with E-state index in [4.69, 9.17) is 5.84 Å². The average Bonchev–Trinajstić information content (AvgIpc) is 2.33. The monoisotopic (exact) mass is 242 g/mol. The summed E-state index contributed by atoms with van der Waals surface area (Å²) in [6, 6.07) is 0. The van der Waals surface area contributed by atoms with Gasteiger partial charge in [-0.25, -0.2) is 20.2 Å². The largest absolute Gasteiger partial charge is 0.306 e. The van der Waals surface area contributed by atoms with E-state index in [0.29, 0.717) is 11.5 Å². The second-order valence-corrected chi connectivity index (χ2v) is 5.14. The van der Waals surface area contributed by atoms with Gasteiger partial charge in [0.25, 0.3) is 0 Å². The van der Waals surface area contributed by atoms with Crippen LogP contribution in [0.15, 0.2) is 0 Å². The summed E-state index contributed by atoms with van der Waals surface area (Å²) in [5.74, 6) is 6.67. The molecule has 0 spiro atoms. The number of thioether (sulfide) groups is 1. The summed E-state index contributed by atoms with van der Waals surface area (Å²) in [7, 11) is 0. The molecule has 1 aromatic heterocycles. The summed E-state index contributed by atoms with van der Waals surface area (Å²) in [6.45, 7) is 1.63. The van der Waals surface area contributed by atoms with Gasteiger partial charge in [0.2, 0.25) is 0 Å². The number of hydrogen-bond acceptors (Lipinski definition) is 5. The minimum atomic E-state index is -0.466. The van der Waals surface area contributed by atoms with Crippen molar-refractivity contribution in [1.82, 2.24) is 9.97 Å². The summed E-state index contributed by atoms with van der Waals surface area (Å²) < 4.78 is 13.5. The molecule has 0 aliphatic carbocycles. The zero-order valence-electron chi connectivity index (χ0n) is 9.16. The third-order valence-corrected chi connectivity index (χ3v) is 4.01. The molecule has 1 aliphatic rings. The van der Waals surface area contributed by atoms with Crippen molar-refractivity contribution in [2.45, 2.75) is 31.4 Å². The molecule has 88 valence electrons. The van der Waals surface area contributed by atoms with Crippen molar-refractivity contribution in [3.05, 3.63) is 17.3 Å². The molecular weight excluding hydrogens is 227 g/mol. The van der Waals surface area contributed by atoms with Gasteiger partial charge in [0.1, 0.15) is 5.82 Å². The number of nitrogens with zero attached hydrogens (tertiary/aromatic N) is 2. The molecule has 4 nitrogen and oxygen atoms in total. The zero-order valence-corrected chi connectivity index (χ0v) is 9.98. The number of rotatable bonds is 2. The van der Waals surface area contributed by atoms with E-state index in [1.807, 2.05) is 11.8 Å². The van der Waals surface area contributed by atoms with Crippen LogP contribution in [0, 0.1) is 12.7 Å². The first kappa shape index (κ1) is 11.6. The van der Waals surface area contributed by atoms with Crippen molar-refractivity contribution in [3.8, 4) is 0 Å². The van der Waals surface area contributed by atoms with Crippen molar-refractivity contribution < 1.29 is 4.39 Å². The first-order valence-electron chi connectivity index (χ1n) is 5.34. The lowest BCUT2D eigenvalue weighted by atomic mass is 10.2. The van der Waals surface area contributed by atoms with Gasteiger partial charge in [-0.3, -0.25) is 0 Å². The van der Waals surface area contributed by atoms with Gasteiger partial charge in [-0.2, -0.15) is 11.8 Å². The Hall–Kier alpha value is -0.880. The van der Waals surface area contributed by atoms with E-state index in [9.17, 15) is 4.39 Å². The van der Waals surface area contributed by atoms with Gasteiger partial charge in [-0.05, 0) is 25.5 Å². The van der Waals surface area contributed by atoms with Crippen LogP contribution in [-0.4, -0.2) is 15.7 Å². The Balaban J connectivity index is 2.29. The predicted molar refractivity (Wildman–Crippen MR) is 63.6 cm³/mol. The number of halogens is 1. The summed E-state index contributed by atoms with van der Waals surface area (Å²) in [5, 5.41) is 0.278. The van der Waals surface area contributed by atoms with E-state index in [2.05, 4.69) is 15.4 Å². The van der Waals surface area contributed by atoms with Crippen LogP contribution in [0.1, 0.15) is 36.0 Å². The molecule has 0 bridgehead atoms. The van der Waals surface area contributed by atoms with Crippen LogP contribution in [0.2, 0.25) is 0 Å². The van der Waals surface area contributed by atoms with Gasteiger partial charge in [-0.15, -0.1) is 0 Å². The highest BCUT2D eigenvalue weighted by atomic mass is 32.2. The number of nitrogens with two attached hydrogens (primary N) is 1. The van der Waals surface area contributed by atoms with Crippen molar-refractivity contribution in [2.75, 3.05) is 11.2 Å². The lowest BCUT2D eigenvalue weighted by Gasteiger charge is -2.20. The third kappa shape index (κ3) is 2.27. The molecule has 1 unspecified atom stereocenters. The van der Waals surface area contributed by atoms with Crippen LogP contribution in [0.4, 0.5) is 10.2 Å². The van der Waals surface area contributed by atoms with Crippen molar-refractivity contribution in [2.24, 2.45) is 5.84 Å². The molecule has 1 aromatic rings. The molecule has 1 atom stereocenters. The highest BCUT2D eigenvalue weighted by Gasteiger charge is 2.21. The minimum Gasteiger partial charge on any atom is -0.306 e. The van der Waals surface area contributed by atoms with E-state index in [-0.39, 0.29) is 11.1 Å². The molecule has 1 fully saturated rings. The number of hydrogen-bond donors (Lipinski definition) is 2. The Morgan fingerprint density at radius 3 is 2.88 bits per heavy atom. The van der Waals surface area contributed by atoms with Crippen LogP contribution in [0.5, 0.6) is 0 Å². The Bertz CT molecular complexity index is 379. The molecule has 0 saturated carbocycles. The third-order valence-electron chi connectivity index (χ3n) is 2.64. The topological polar surface area (TPSA) is 63.8 Å². The number of aromatic nitrogens is 2. The van der Waals surface area contributed by atoms with E-state index in [1.165, 1.54) is 12.8 Å². The van der Waals surface area contributed by atoms with Gasteiger partial charge in [-0.1, -0.05) is 6.42 Å². The molecule has 6 heteroatoms. The van der Waals surface area contributed by atoms with Gasteiger partial charge >= 0.3 is 0 Å². The van der Waals surface area contributed by atoms with Crippen LogP contribution < -0.4 is 11.3 Å². The van der Waals surface area contributed by atoms with Gasteiger partial charge < -0.3 is 5.43 Å². The molecule has 3 N–H and O–H groups in total. The van der Waals surface area contributed by atoms with Gasteiger partial charge in [0.15, 0.2) is 11.6 Å². The fraction of sp³-hybridized carbons (Fsp3) is 0.600. The highest BCUT2D eigenvalue weighted by molar-refractivity contribution is 7.99. The van der Waals surface area contributed by atoms with E-state index in [1.54, 1.807) is 6.92 Å². The number of aryl methyl sites for hydroxylation is 1. The molecule has 0 radical (unpaired) electrons. The normalized spacial score (nSPS) is 20.8. The average molecular weight is 242 g/mol. The fourth-order valence-electron chi connectivity index (χ4n) is 1.76. The second-order valence-electron chi connectivity index (χ2n) is 3.83.